The Morgan fingerprint density at radius 1 is 1.00 bits per heavy atom. The molecule has 2 aromatic carbocycles. The molecule has 1 amide bonds. The van der Waals surface area contributed by atoms with Crippen LogP contribution < -0.4 is 5.32 Å². The Bertz CT molecular complexity index is 796. The van der Waals surface area contributed by atoms with Gasteiger partial charge in [-0.3, -0.25) is 4.79 Å². The minimum atomic E-state index is -0.740. The zero-order valence-electron chi connectivity index (χ0n) is 17.1. The maximum atomic E-state index is 12.8. The standard InChI is InChI=1S/C23H29NO3/c1-15-12-16(2)19(17(3)13-15)14-27-22(26)20(23(4,5)6)24-21(25)18-10-8-7-9-11-18/h7-13,20H,14H2,1-6H3,(H,24,25)/t20-/m1/s1. The van der Waals surface area contributed by atoms with Crippen molar-refractivity contribution in [2.45, 2.75) is 54.2 Å². The Morgan fingerprint density at radius 3 is 2.07 bits per heavy atom. The van der Waals surface area contributed by atoms with E-state index in [0.29, 0.717) is 5.56 Å². The maximum absolute atomic E-state index is 12.8. The van der Waals surface area contributed by atoms with Gasteiger partial charge in [0.2, 0.25) is 0 Å². The summed E-state index contributed by atoms with van der Waals surface area (Å²) in [6.07, 6.45) is 0. The first-order valence-corrected chi connectivity index (χ1v) is 9.19. The topological polar surface area (TPSA) is 55.4 Å². The average molecular weight is 367 g/mol. The van der Waals surface area contributed by atoms with Gasteiger partial charge in [0.15, 0.2) is 0 Å². The fourth-order valence-electron chi connectivity index (χ4n) is 3.10. The van der Waals surface area contributed by atoms with E-state index < -0.39 is 17.4 Å². The molecule has 0 heterocycles. The van der Waals surface area contributed by atoms with Crippen molar-refractivity contribution in [3.8, 4) is 0 Å². The first-order valence-electron chi connectivity index (χ1n) is 9.19. The fourth-order valence-corrected chi connectivity index (χ4v) is 3.10. The summed E-state index contributed by atoms with van der Waals surface area (Å²) in [7, 11) is 0. The molecule has 0 fully saturated rings. The Kier molecular flexibility index (Phi) is 6.42. The van der Waals surface area contributed by atoms with E-state index in [2.05, 4.69) is 17.4 Å². The van der Waals surface area contributed by atoms with Gasteiger partial charge in [-0.15, -0.1) is 0 Å². The Morgan fingerprint density at radius 2 is 1.56 bits per heavy atom. The van der Waals surface area contributed by atoms with Crippen molar-refractivity contribution in [1.29, 1.82) is 0 Å². The van der Waals surface area contributed by atoms with Crippen LogP contribution in [-0.2, 0) is 16.1 Å². The van der Waals surface area contributed by atoms with E-state index in [4.69, 9.17) is 4.74 Å². The molecule has 0 aliphatic carbocycles. The van der Waals surface area contributed by atoms with Crippen molar-refractivity contribution in [1.82, 2.24) is 5.32 Å². The molecule has 0 aromatic heterocycles. The fraction of sp³-hybridized carbons (Fsp3) is 0.391. The largest absolute Gasteiger partial charge is 0.459 e. The van der Waals surface area contributed by atoms with E-state index in [1.807, 2.05) is 47.6 Å². The maximum Gasteiger partial charge on any atom is 0.329 e. The highest BCUT2D eigenvalue weighted by Crippen LogP contribution is 2.23. The average Bonchev–Trinajstić information content (AvgIpc) is 2.58. The van der Waals surface area contributed by atoms with Crippen molar-refractivity contribution >= 4 is 11.9 Å². The zero-order valence-corrected chi connectivity index (χ0v) is 17.1. The van der Waals surface area contributed by atoms with Crippen LogP contribution >= 0.6 is 0 Å². The van der Waals surface area contributed by atoms with Gasteiger partial charge >= 0.3 is 5.97 Å². The second-order valence-electron chi connectivity index (χ2n) is 8.12. The molecule has 0 saturated carbocycles. The van der Waals surface area contributed by atoms with Gasteiger partial charge in [0.25, 0.3) is 5.91 Å². The van der Waals surface area contributed by atoms with Crippen molar-refractivity contribution in [3.05, 3.63) is 70.3 Å². The lowest BCUT2D eigenvalue weighted by molar-refractivity contribution is -0.150. The van der Waals surface area contributed by atoms with Gasteiger partial charge in [0.1, 0.15) is 12.6 Å². The number of carbonyl (C=O) groups excluding carboxylic acids is 2. The van der Waals surface area contributed by atoms with Crippen LogP contribution in [0.25, 0.3) is 0 Å². The normalized spacial score (nSPS) is 12.4. The van der Waals surface area contributed by atoms with Gasteiger partial charge < -0.3 is 10.1 Å². The minimum absolute atomic E-state index is 0.199. The molecule has 4 nitrogen and oxygen atoms in total. The van der Waals surface area contributed by atoms with Gasteiger partial charge in [0, 0.05) is 5.56 Å². The lowest BCUT2D eigenvalue weighted by Gasteiger charge is -2.29. The molecule has 0 saturated heterocycles. The second-order valence-corrected chi connectivity index (χ2v) is 8.12. The highest BCUT2D eigenvalue weighted by atomic mass is 16.5. The van der Waals surface area contributed by atoms with Crippen molar-refractivity contribution in [2.24, 2.45) is 5.41 Å². The molecule has 0 unspecified atom stereocenters. The van der Waals surface area contributed by atoms with E-state index in [9.17, 15) is 9.59 Å². The Hall–Kier alpha value is -2.62. The molecule has 0 radical (unpaired) electrons. The van der Waals surface area contributed by atoms with Gasteiger partial charge in [-0.25, -0.2) is 4.79 Å². The first-order chi connectivity index (χ1) is 12.6. The van der Waals surface area contributed by atoms with Crippen molar-refractivity contribution < 1.29 is 14.3 Å². The van der Waals surface area contributed by atoms with E-state index in [-0.39, 0.29) is 12.5 Å². The third kappa shape index (κ3) is 5.43. The number of carbonyl (C=O) groups is 2. The third-order valence-corrected chi connectivity index (χ3v) is 4.61. The highest BCUT2D eigenvalue weighted by molar-refractivity contribution is 5.96. The van der Waals surface area contributed by atoms with Crippen LogP contribution in [0.2, 0.25) is 0 Å². The van der Waals surface area contributed by atoms with E-state index >= 15 is 0 Å². The third-order valence-electron chi connectivity index (χ3n) is 4.61. The van der Waals surface area contributed by atoms with Crippen LogP contribution in [0.15, 0.2) is 42.5 Å². The lowest BCUT2D eigenvalue weighted by atomic mass is 9.86. The number of benzene rings is 2. The monoisotopic (exact) mass is 367 g/mol. The molecule has 0 spiro atoms. The predicted octanol–water partition coefficient (Wildman–Crippen LogP) is 4.50. The van der Waals surface area contributed by atoms with E-state index in [1.54, 1.807) is 24.3 Å². The van der Waals surface area contributed by atoms with Crippen LogP contribution in [0.1, 0.15) is 53.4 Å². The summed E-state index contributed by atoms with van der Waals surface area (Å²) in [5.74, 6) is -0.707. The quantitative estimate of drug-likeness (QED) is 0.792. The minimum Gasteiger partial charge on any atom is -0.459 e. The van der Waals surface area contributed by atoms with Crippen molar-refractivity contribution in [3.63, 3.8) is 0 Å². The number of aryl methyl sites for hydroxylation is 3. The number of amides is 1. The second kappa shape index (κ2) is 8.38. The van der Waals surface area contributed by atoms with Crippen LogP contribution in [0.3, 0.4) is 0 Å². The number of esters is 1. The summed E-state index contributed by atoms with van der Waals surface area (Å²) < 4.78 is 5.60. The molecule has 1 N–H and O–H groups in total. The summed E-state index contributed by atoms with van der Waals surface area (Å²) in [6, 6.07) is 12.3. The smallest absolute Gasteiger partial charge is 0.329 e. The molecular formula is C23H29NO3. The molecule has 0 bridgehead atoms. The molecule has 2 aromatic rings. The highest BCUT2D eigenvalue weighted by Gasteiger charge is 2.34. The summed E-state index contributed by atoms with van der Waals surface area (Å²) in [4.78, 5) is 25.3. The SMILES string of the molecule is Cc1cc(C)c(COC(=O)[C@@H](NC(=O)c2ccccc2)C(C)(C)C)c(C)c1. The number of hydrogen-bond donors (Lipinski definition) is 1. The van der Waals surface area contributed by atoms with Gasteiger partial charge in [0.05, 0.1) is 0 Å². The first kappa shape index (κ1) is 20.7. The number of nitrogens with one attached hydrogen (secondary N) is 1. The molecule has 27 heavy (non-hydrogen) atoms. The molecule has 0 aliphatic rings. The van der Waals surface area contributed by atoms with Gasteiger partial charge in [-0.1, -0.05) is 56.7 Å². The van der Waals surface area contributed by atoms with Crippen LogP contribution in [0.4, 0.5) is 0 Å². The van der Waals surface area contributed by atoms with E-state index in [0.717, 1.165) is 16.7 Å². The molecule has 2 rings (SSSR count). The number of hydrogen-bond acceptors (Lipinski definition) is 3. The lowest BCUT2D eigenvalue weighted by Crippen LogP contribution is -2.49. The van der Waals surface area contributed by atoms with Crippen LogP contribution in [-0.4, -0.2) is 17.9 Å². The van der Waals surface area contributed by atoms with Gasteiger partial charge in [-0.05, 0) is 55.0 Å². The summed E-state index contributed by atoms with van der Waals surface area (Å²) >= 11 is 0. The Balaban J connectivity index is 2.13. The summed E-state index contributed by atoms with van der Waals surface area (Å²) in [5, 5.41) is 2.83. The predicted molar refractivity (Wildman–Crippen MR) is 108 cm³/mol. The molecular weight excluding hydrogens is 338 g/mol. The molecule has 4 heteroatoms. The zero-order chi connectivity index (χ0) is 20.2. The Labute approximate surface area is 161 Å². The summed E-state index contributed by atoms with van der Waals surface area (Å²) in [6.45, 7) is 12.0. The number of ether oxygens (including phenoxy) is 1. The molecule has 1 atom stereocenters. The molecule has 0 aliphatic heterocycles. The summed E-state index contributed by atoms with van der Waals surface area (Å²) in [5.41, 5.74) is 4.43. The van der Waals surface area contributed by atoms with Crippen LogP contribution in [0.5, 0.6) is 0 Å². The van der Waals surface area contributed by atoms with Gasteiger partial charge in [-0.2, -0.15) is 0 Å². The molecule has 144 valence electrons. The number of rotatable bonds is 5. The van der Waals surface area contributed by atoms with E-state index in [1.165, 1.54) is 5.56 Å². The van der Waals surface area contributed by atoms with Crippen molar-refractivity contribution in [2.75, 3.05) is 0 Å². The van der Waals surface area contributed by atoms with Crippen LogP contribution in [0, 0.1) is 26.2 Å².